The zero-order valence-corrected chi connectivity index (χ0v) is 13.4. The maximum atomic E-state index is 11.9. The van der Waals surface area contributed by atoms with Crippen molar-refractivity contribution in [3.05, 3.63) is 30.2 Å². The molecule has 1 aliphatic carbocycles. The first-order chi connectivity index (χ1) is 11.2. The molecule has 6 heteroatoms. The first-order valence-electron chi connectivity index (χ1n) is 7.92. The third kappa shape index (κ3) is 4.09. The molecule has 23 heavy (non-hydrogen) atoms. The summed E-state index contributed by atoms with van der Waals surface area (Å²) in [6, 6.07) is 7.70. The highest BCUT2D eigenvalue weighted by molar-refractivity contribution is 5.76. The molecule has 122 valence electrons. The van der Waals surface area contributed by atoms with Crippen LogP contribution < -0.4 is 10.1 Å². The van der Waals surface area contributed by atoms with Gasteiger partial charge in [-0.25, -0.2) is 0 Å². The van der Waals surface area contributed by atoms with Gasteiger partial charge >= 0.3 is 0 Å². The second kappa shape index (κ2) is 6.81. The molecule has 0 unspecified atom stereocenters. The van der Waals surface area contributed by atoms with Crippen molar-refractivity contribution in [1.29, 1.82) is 0 Å². The van der Waals surface area contributed by atoms with Gasteiger partial charge in [0.2, 0.25) is 17.6 Å². The number of carbonyl (C=O) groups is 1. The number of carbonyl (C=O) groups excluding carboxylic acids is 1. The van der Waals surface area contributed by atoms with Gasteiger partial charge in [0.05, 0.1) is 7.11 Å². The van der Waals surface area contributed by atoms with Crippen molar-refractivity contribution in [2.24, 2.45) is 5.92 Å². The highest BCUT2D eigenvalue weighted by Gasteiger charge is 2.28. The Kier molecular flexibility index (Phi) is 4.60. The first-order valence-corrected chi connectivity index (χ1v) is 7.92. The number of ether oxygens (including phenoxy) is 1. The molecule has 1 aromatic heterocycles. The molecule has 6 nitrogen and oxygen atoms in total. The molecule has 1 aromatic carbocycles. The molecule has 0 bridgehead atoms. The number of hydrogen-bond acceptors (Lipinski definition) is 5. The van der Waals surface area contributed by atoms with Crippen LogP contribution in [0.5, 0.6) is 5.75 Å². The Hall–Kier alpha value is -2.37. The van der Waals surface area contributed by atoms with Crippen LogP contribution in [0, 0.1) is 5.92 Å². The van der Waals surface area contributed by atoms with E-state index in [0.717, 1.165) is 11.3 Å². The molecule has 2 aromatic rings. The molecule has 3 rings (SSSR count). The quantitative estimate of drug-likeness (QED) is 0.850. The fourth-order valence-corrected chi connectivity index (χ4v) is 2.47. The molecule has 1 amide bonds. The van der Waals surface area contributed by atoms with Crippen LogP contribution in [0.3, 0.4) is 0 Å². The Bertz CT molecular complexity index is 662. The van der Waals surface area contributed by atoms with Crippen molar-refractivity contribution in [3.8, 4) is 17.1 Å². The van der Waals surface area contributed by atoms with E-state index in [1.165, 1.54) is 12.8 Å². The fraction of sp³-hybridized carbons (Fsp3) is 0.471. The summed E-state index contributed by atoms with van der Waals surface area (Å²) in [5.41, 5.74) is 0.854. The second-order valence-electron chi connectivity index (χ2n) is 5.93. The number of benzene rings is 1. The lowest BCUT2D eigenvalue weighted by Crippen LogP contribution is -2.34. The van der Waals surface area contributed by atoms with Crippen LogP contribution in [0.15, 0.2) is 28.8 Å². The molecule has 1 saturated carbocycles. The van der Waals surface area contributed by atoms with E-state index in [-0.39, 0.29) is 11.9 Å². The highest BCUT2D eigenvalue weighted by Crippen LogP contribution is 2.32. The summed E-state index contributed by atoms with van der Waals surface area (Å²) in [6.07, 6.45) is 3.25. The number of hydrogen-bond donors (Lipinski definition) is 1. The Morgan fingerprint density at radius 1 is 1.39 bits per heavy atom. The summed E-state index contributed by atoms with van der Waals surface area (Å²) in [5.74, 6) is 2.47. The smallest absolute Gasteiger partial charge is 0.227 e. The Morgan fingerprint density at radius 2 is 2.13 bits per heavy atom. The van der Waals surface area contributed by atoms with Gasteiger partial charge < -0.3 is 14.6 Å². The van der Waals surface area contributed by atoms with Crippen molar-refractivity contribution in [2.75, 3.05) is 7.11 Å². The van der Waals surface area contributed by atoms with E-state index in [9.17, 15) is 4.79 Å². The SMILES string of the molecule is COc1ccc(-c2noc(CCC(=O)N[C@@H](C)C3CC3)n2)cc1. The molecule has 1 N–H and O–H groups in total. The normalized spacial score (nSPS) is 15.2. The van der Waals surface area contributed by atoms with Crippen LogP contribution >= 0.6 is 0 Å². The predicted molar refractivity (Wildman–Crippen MR) is 84.9 cm³/mol. The molecule has 0 saturated heterocycles. The maximum Gasteiger partial charge on any atom is 0.227 e. The number of nitrogens with zero attached hydrogens (tertiary/aromatic N) is 2. The van der Waals surface area contributed by atoms with Gasteiger partial charge in [-0.15, -0.1) is 0 Å². The minimum Gasteiger partial charge on any atom is -0.497 e. The van der Waals surface area contributed by atoms with E-state index < -0.39 is 0 Å². The first kappa shape index (κ1) is 15.5. The fourth-order valence-electron chi connectivity index (χ4n) is 2.47. The summed E-state index contributed by atoms with van der Waals surface area (Å²) in [7, 11) is 1.62. The lowest BCUT2D eigenvalue weighted by Gasteiger charge is -2.11. The van der Waals surface area contributed by atoms with E-state index in [1.807, 2.05) is 24.3 Å². The van der Waals surface area contributed by atoms with Crippen LogP contribution in [0.1, 0.15) is 32.1 Å². The van der Waals surface area contributed by atoms with Gasteiger partial charge in [0.25, 0.3) is 0 Å². The van der Waals surface area contributed by atoms with Crippen LogP contribution in [0.2, 0.25) is 0 Å². The van der Waals surface area contributed by atoms with Gasteiger partial charge in [-0.05, 0) is 49.9 Å². The van der Waals surface area contributed by atoms with Crippen molar-refractivity contribution in [2.45, 2.75) is 38.6 Å². The van der Waals surface area contributed by atoms with Crippen molar-refractivity contribution < 1.29 is 14.1 Å². The third-order valence-electron chi connectivity index (χ3n) is 4.10. The largest absolute Gasteiger partial charge is 0.497 e. The van der Waals surface area contributed by atoms with Crippen LogP contribution in [0.25, 0.3) is 11.4 Å². The number of methoxy groups -OCH3 is 1. The minimum atomic E-state index is 0.0357. The lowest BCUT2D eigenvalue weighted by atomic mass is 10.2. The van der Waals surface area contributed by atoms with Crippen LogP contribution in [0.4, 0.5) is 0 Å². The molecular formula is C17H21N3O3. The zero-order valence-electron chi connectivity index (χ0n) is 13.4. The summed E-state index contributed by atoms with van der Waals surface area (Å²) in [4.78, 5) is 16.2. The average Bonchev–Trinajstić information content (AvgIpc) is 3.32. The molecule has 1 aliphatic rings. The number of aromatic nitrogens is 2. The van der Waals surface area contributed by atoms with E-state index in [2.05, 4.69) is 22.4 Å². The highest BCUT2D eigenvalue weighted by atomic mass is 16.5. The maximum absolute atomic E-state index is 11.9. The molecular weight excluding hydrogens is 294 g/mol. The second-order valence-corrected chi connectivity index (χ2v) is 5.93. The van der Waals surface area contributed by atoms with Gasteiger partial charge in [-0.2, -0.15) is 4.98 Å². The standard InChI is InChI=1S/C17H21N3O3/c1-11(12-3-4-12)18-15(21)9-10-16-19-17(20-23-16)13-5-7-14(22-2)8-6-13/h5-8,11-12H,3-4,9-10H2,1-2H3,(H,18,21)/t11-/m0/s1. The summed E-state index contributed by atoms with van der Waals surface area (Å²) >= 11 is 0. The van der Waals surface area contributed by atoms with Gasteiger partial charge in [-0.3, -0.25) is 4.79 Å². The number of nitrogens with one attached hydrogen (secondary N) is 1. The third-order valence-corrected chi connectivity index (χ3v) is 4.10. The van der Waals surface area contributed by atoms with Crippen LogP contribution in [-0.4, -0.2) is 29.2 Å². The van der Waals surface area contributed by atoms with Crippen LogP contribution in [-0.2, 0) is 11.2 Å². The molecule has 0 radical (unpaired) electrons. The lowest BCUT2D eigenvalue weighted by molar-refractivity contribution is -0.121. The van der Waals surface area contributed by atoms with Crippen molar-refractivity contribution in [3.63, 3.8) is 0 Å². The Balaban J connectivity index is 1.53. The van der Waals surface area contributed by atoms with Gasteiger partial charge in [0, 0.05) is 24.4 Å². The van der Waals surface area contributed by atoms with Crippen molar-refractivity contribution >= 4 is 5.91 Å². The average molecular weight is 315 g/mol. The number of aryl methyl sites for hydroxylation is 1. The topological polar surface area (TPSA) is 77.2 Å². The molecule has 0 spiro atoms. The van der Waals surface area contributed by atoms with Crippen molar-refractivity contribution in [1.82, 2.24) is 15.5 Å². The van der Waals surface area contributed by atoms with E-state index in [4.69, 9.17) is 9.26 Å². The predicted octanol–water partition coefficient (Wildman–Crippen LogP) is 2.59. The number of rotatable bonds is 7. The van der Waals surface area contributed by atoms with E-state index >= 15 is 0 Å². The Labute approximate surface area is 135 Å². The van der Waals surface area contributed by atoms with Gasteiger partial charge in [0.1, 0.15) is 5.75 Å². The number of amides is 1. The summed E-state index contributed by atoms with van der Waals surface area (Å²) < 4.78 is 10.3. The molecule has 0 aliphatic heterocycles. The molecule has 1 heterocycles. The van der Waals surface area contributed by atoms with E-state index in [1.54, 1.807) is 7.11 Å². The molecule has 1 fully saturated rings. The molecule has 1 atom stereocenters. The van der Waals surface area contributed by atoms with E-state index in [0.29, 0.717) is 30.5 Å². The zero-order chi connectivity index (χ0) is 16.2. The Morgan fingerprint density at radius 3 is 2.78 bits per heavy atom. The summed E-state index contributed by atoms with van der Waals surface area (Å²) in [6.45, 7) is 2.06. The monoisotopic (exact) mass is 315 g/mol. The summed E-state index contributed by atoms with van der Waals surface area (Å²) in [5, 5.41) is 6.98. The van der Waals surface area contributed by atoms with Gasteiger partial charge in [0.15, 0.2) is 0 Å². The van der Waals surface area contributed by atoms with Gasteiger partial charge in [-0.1, -0.05) is 5.16 Å². The minimum absolute atomic E-state index is 0.0357.